The molecule has 14 heteroatoms. The molecule has 11 nitrogen and oxygen atoms in total. The molecule has 36 heavy (non-hydrogen) atoms. The number of benzene rings is 2. The van der Waals surface area contributed by atoms with E-state index in [2.05, 4.69) is 5.32 Å². The number of carbonyl (C=O) groups is 1. The number of carbonyl (C=O) groups excluding carboxylic acids is 1. The van der Waals surface area contributed by atoms with E-state index in [9.17, 15) is 21.6 Å². The van der Waals surface area contributed by atoms with E-state index in [1.165, 1.54) is 47.8 Å². The molecule has 1 N–H and O–H groups in total. The summed E-state index contributed by atoms with van der Waals surface area (Å²) in [5, 5.41) is 2.89. The van der Waals surface area contributed by atoms with Gasteiger partial charge in [-0.05, 0) is 42.5 Å². The largest absolute Gasteiger partial charge is 0.495 e. The molecule has 1 aliphatic heterocycles. The summed E-state index contributed by atoms with van der Waals surface area (Å²) in [5.74, 6) is 0.115. The normalized spacial score (nSPS) is 14.8. The molecule has 1 fully saturated rings. The minimum Gasteiger partial charge on any atom is -0.495 e. The summed E-state index contributed by atoms with van der Waals surface area (Å²) in [5.41, 5.74) is 0.144. The quantitative estimate of drug-likeness (QED) is 0.406. The lowest BCUT2D eigenvalue weighted by Crippen LogP contribution is -2.41. The highest BCUT2D eigenvalue weighted by Gasteiger charge is 2.26. The molecule has 0 radical (unpaired) electrons. The van der Waals surface area contributed by atoms with Crippen LogP contribution in [0, 0.1) is 0 Å². The highest BCUT2D eigenvalue weighted by Crippen LogP contribution is 2.32. The Morgan fingerprint density at radius 2 is 1.78 bits per heavy atom. The third kappa shape index (κ3) is 7.23. The summed E-state index contributed by atoms with van der Waals surface area (Å²) in [6, 6.07) is 10.5. The number of hydrogen-bond donors (Lipinski definition) is 1. The summed E-state index contributed by atoms with van der Waals surface area (Å²) in [6.07, 6.45) is 0.979. The summed E-state index contributed by atoms with van der Waals surface area (Å²) in [6.45, 7) is 1.03. The summed E-state index contributed by atoms with van der Waals surface area (Å²) >= 11 is 6.00. The molecule has 0 atom stereocenters. The van der Waals surface area contributed by atoms with Gasteiger partial charge in [-0.2, -0.15) is 4.31 Å². The topological polar surface area (TPSA) is 132 Å². The SMILES string of the molecule is COc1ccc(Cl)cc1N(CC(=O)NCCOc1ccc(S(=O)(=O)N2CCOCC2)cc1)S(C)(=O)=O. The van der Waals surface area contributed by atoms with Crippen molar-refractivity contribution >= 4 is 43.2 Å². The average Bonchev–Trinajstić information content (AvgIpc) is 2.85. The number of ether oxygens (including phenoxy) is 3. The van der Waals surface area contributed by atoms with E-state index in [0.29, 0.717) is 32.1 Å². The minimum absolute atomic E-state index is 0.0840. The molecule has 0 saturated carbocycles. The van der Waals surface area contributed by atoms with E-state index in [0.717, 1.165) is 10.6 Å². The number of morpholine rings is 1. The Balaban J connectivity index is 1.53. The molecule has 0 spiro atoms. The summed E-state index contributed by atoms with van der Waals surface area (Å²) in [7, 11) is -6.03. The molecule has 0 aromatic heterocycles. The molecule has 0 aliphatic carbocycles. The van der Waals surface area contributed by atoms with Crippen molar-refractivity contribution in [3.05, 3.63) is 47.5 Å². The number of sulfonamides is 2. The molecule has 0 unspecified atom stereocenters. The molecule has 2 aromatic rings. The predicted octanol–water partition coefficient (Wildman–Crippen LogP) is 1.33. The molecule has 1 saturated heterocycles. The minimum atomic E-state index is -3.82. The Morgan fingerprint density at radius 1 is 1.11 bits per heavy atom. The van der Waals surface area contributed by atoms with Crippen LogP contribution in [0.4, 0.5) is 5.69 Å². The third-order valence-corrected chi connectivity index (χ3v) is 8.50. The van der Waals surface area contributed by atoms with Crippen LogP contribution in [0.1, 0.15) is 0 Å². The first kappa shape index (κ1) is 28.0. The monoisotopic (exact) mass is 561 g/mol. The molecule has 3 rings (SSSR count). The Kier molecular flexibility index (Phi) is 9.41. The van der Waals surface area contributed by atoms with Crippen LogP contribution < -0.4 is 19.1 Å². The van der Waals surface area contributed by atoms with Gasteiger partial charge in [0.15, 0.2) is 0 Å². The van der Waals surface area contributed by atoms with E-state index in [1.807, 2.05) is 0 Å². The number of hydrogen-bond acceptors (Lipinski definition) is 8. The number of anilines is 1. The second-order valence-electron chi connectivity index (χ2n) is 7.77. The molecular formula is C22H28ClN3O8S2. The van der Waals surface area contributed by atoms with Crippen LogP contribution >= 0.6 is 11.6 Å². The lowest BCUT2D eigenvalue weighted by molar-refractivity contribution is -0.119. The van der Waals surface area contributed by atoms with Gasteiger partial charge < -0.3 is 19.5 Å². The van der Waals surface area contributed by atoms with Gasteiger partial charge in [-0.3, -0.25) is 9.10 Å². The molecule has 0 bridgehead atoms. The number of methoxy groups -OCH3 is 1. The Labute approximate surface area is 216 Å². The van der Waals surface area contributed by atoms with Crippen LogP contribution in [0.2, 0.25) is 5.02 Å². The number of nitrogens with zero attached hydrogens (tertiary/aromatic N) is 2. The fourth-order valence-electron chi connectivity index (χ4n) is 3.43. The maximum atomic E-state index is 12.7. The van der Waals surface area contributed by atoms with Crippen LogP contribution in [-0.2, 0) is 29.6 Å². The van der Waals surface area contributed by atoms with Crippen LogP contribution in [0.3, 0.4) is 0 Å². The second kappa shape index (κ2) is 12.1. The van der Waals surface area contributed by atoms with Gasteiger partial charge in [0.25, 0.3) is 0 Å². The van der Waals surface area contributed by atoms with Crippen LogP contribution in [0.5, 0.6) is 11.5 Å². The highest BCUT2D eigenvalue weighted by atomic mass is 35.5. The van der Waals surface area contributed by atoms with Crippen molar-refractivity contribution in [1.82, 2.24) is 9.62 Å². The van der Waals surface area contributed by atoms with Gasteiger partial charge in [0, 0.05) is 18.1 Å². The first-order valence-electron chi connectivity index (χ1n) is 10.9. The van der Waals surface area contributed by atoms with E-state index in [1.54, 1.807) is 6.07 Å². The first-order valence-corrected chi connectivity index (χ1v) is 14.6. The molecule has 1 aliphatic rings. The second-order valence-corrected chi connectivity index (χ2v) is 12.1. The van der Waals surface area contributed by atoms with Crippen LogP contribution in [0.15, 0.2) is 47.4 Å². The van der Waals surface area contributed by atoms with E-state index in [4.69, 9.17) is 25.8 Å². The van der Waals surface area contributed by atoms with Gasteiger partial charge in [-0.25, -0.2) is 16.8 Å². The lowest BCUT2D eigenvalue weighted by Gasteiger charge is -2.26. The number of rotatable bonds is 11. The molecular weight excluding hydrogens is 534 g/mol. The zero-order chi connectivity index (χ0) is 26.3. The van der Waals surface area contributed by atoms with Gasteiger partial charge in [0.1, 0.15) is 24.7 Å². The smallest absolute Gasteiger partial charge is 0.243 e. The molecule has 1 heterocycles. The van der Waals surface area contributed by atoms with Crippen molar-refractivity contribution in [2.24, 2.45) is 0 Å². The predicted molar refractivity (Wildman–Crippen MR) is 135 cm³/mol. The van der Waals surface area contributed by atoms with Crippen molar-refractivity contribution in [1.29, 1.82) is 0 Å². The first-order chi connectivity index (χ1) is 17.0. The maximum Gasteiger partial charge on any atom is 0.243 e. The number of halogens is 1. The molecule has 1 amide bonds. The zero-order valence-corrected chi connectivity index (χ0v) is 22.2. The van der Waals surface area contributed by atoms with Crippen molar-refractivity contribution in [2.45, 2.75) is 4.90 Å². The third-order valence-electron chi connectivity index (χ3n) is 5.22. The Morgan fingerprint density at radius 3 is 2.39 bits per heavy atom. The zero-order valence-electron chi connectivity index (χ0n) is 19.8. The Hall–Kier alpha value is -2.58. The number of amides is 1. The van der Waals surface area contributed by atoms with Crippen LogP contribution in [0.25, 0.3) is 0 Å². The maximum absolute atomic E-state index is 12.7. The van der Waals surface area contributed by atoms with Gasteiger partial charge in [-0.15, -0.1) is 0 Å². The Bertz CT molecular complexity index is 1260. The standard InChI is InChI=1S/C22H28ClN3O8S2/c1-32-21-8-3-17(23)15-20(21)26(35(2,28)29)16-22(27)24-9-12-34-18-4-6-19(7-5-18)36(30,31)25-10-13-33-14-11-25/h3-8,15H,9-14,16H2,1-2H3,(H,24,27). The fourth-order valence-corrected chi connectivity index (χ4v) is 5.85. The molecule has 2 aromatic carbocycles. The fraction of sp³-hybridized carbons (Fsp3) is 0.409. The van der Waals surface area contributed by atoms with E-state index < -0.39 is 32.5 Å². The van der Waals surface area contributed by atoms with Crippen molar-refractivity contribution in [3.8, 4) is 11.5 Å². The van der Waals surface area contributed by atoms with E-state index >= 15 is 0 Å². The van der Waals surface area contributed by atoms with E-state index in [-0.39, 0.29) is 34.5 Å². The van der Waals surface area contributed by atoms with Crippen LogP contribution in [-0.4, -0.2) is 86.4 Å². The summed E-state index contributed by atoms with van der Waals surface area (Å²) in [4.78, 5) is 12.6. The number of nitrogens with one attached hydrogen (secondary N) is 1. The molecule has 198 valence electrons. The van der Waals surface area contributed by atoms with Gasteiger partial charge in [0.05, 0.1) is 43.7 Å². The summed E-state index contributed by atoms with van der Waals surface area (Å²) < 4.78 is 68.3. The highest BCUT2D eigenvalue weighted by molar-refractivity contribution is 7.92. The van der Waals surface area contributed by atoms with Gasteiger partial charge >= 0.3 is 0 Å². The van der Waals surface area contributed by atoms with Gasteiger partial charge in [-0.1, -0.05) is 11.6 Å². The lowest BCUT2D eigenvalue weighted by atomic mass is 10.3. The van der Waals surface area contributed by atoms with Crippen molar-refractivity contribution in [3.63, 3.8) is 0 Å². The average molecular weight is 562 g/mol. The van der Waals surface area contributed by atoms with Crippen molar-refractivity contribution < 1.29 is 35.8 Å². The van der Waals surface area contributed by atoms with Crippen molar-refractivity contribution in [2.75, 3.05) is 63.7 Å². The van der Waals surface area contributed by atoms with Gasteiger partial charge in [0.2, 0.25) is 26.0 Å².